The van der Waals surface area contributed by atoms with Gasteiger partial charge in [-0.3, -0.25) is 14.2 Å². The van der Waals surface area contributed by atoms with Gasteiger partial charge in [0.15, 0.2) is 0 Å². The van der Waals surface area contributed by atoms with E-state index in [-0.39, 0.29) is 31.5 Å². The molecule has 0 radical (unpaired) electrons. The van der Waals surface area contributed by atoms with Crippen LogP contribution in [0.2, 0.25) is 0 Å². The number of ether oxygens (including phenoxy) is 1. The maximum absolute atomic E-state index is 13.7. The summed E-state index contributed by atoms with van der Waals surface area (Å²) < 4.78 is 30.6. The Kier molecular flexibility index (Phi) is 70.2. The molecule has 3 atom stereocenters. The maximum Gasteiger partial charge on any atom is 0.306 e. The smallest absolute Gasteiger partial charge is 0.306 e. The fraction of sp³-hybridized carbons (Fsp3) is 0.831. The van der Waals surface area contributed by atoms with Gasteiger partial charge in [-0.1, -0.05) is 377 Å². The summed E-state index contributed by atoms with van der Waals surface area (Å²) in [4.78, 5) is 40.4. The lowest BCUT2D eigenvalue weighted by atomic mass is 10.0. The Morgan fingerprint density at radius 2 is 0.688 bits per heavy atom. The molecular weight excluding hydrogens is 1170 g/mol. The first-order chi connectivity index (χ1) is 45.4. The number of rotatable bonds is 74. The predicted molar refractivity (Wildman–Crippen MR) is 404 cm³/mol. The SMILES string of the molecule is CC/C=C\C/C=C\C/C=C\C/C=C\C/C=C\CCCCCCCCCCCCCC(=O)OC(/C=C/CCCCCCCCCCCCC)C(COP(=O)([O-])OCC[N+](C)(C)C)NC(=O)CCCCCCCCCCCCCCCCCCCCCCCCCCCCC. The molecule has 0 aliphatic rings. The van der Waals surface area contributed by atoms with Crippen molar-refractivity contribution in [1.29, 1.82) is 0 Å². The standard InChI is InChI=1S/C83H155N2O7P/c1-7-10-13-16-19-22-25-28-30-32-34-36-38-40-42-44-46-48-50-52-54-57-60-63-66-69-72-75-82(86)84-80(79-91-93(88,89)90-78-77-85(4,5)6)81(74-71-68-65-62-59-56-27-24-21-18-15-12-9-3)92-83(87)76-73-70-67-64-61-58-55-53-51-49-47-45-43-41-39-37-35-33-31-29-26-23-20-17-14-11-8-2/h11,14,20,23,29,31,35,37,41,43,71,74,80-81H,7-10,12-13,15-19,21-22,24-28,30,32-34,36,38-40,42,44-70,72-73,75-79H2,1-6H3,(H-,84,86,88,89)/b14-11-,23-20-,31-29-,37-35-,43-41-,74-71+. The second-order valence-electron chi connectivity index (χ2n) is 28.5. The summed E-state index contributed by atoms with van der Waals surface area (Å²) in [6.07, 6.45) is 96.2. The van der Waals surface area contributed by atoms with Crippen molar-refractivity contribution in [2.45, 2.75) is 405 Å². The van der Waals surface area contributed by atoms with E-state index < -0.39 is 20.0 Å². The highest BCUT2D eigenvalue weighted by molar-refractivity contribution is 7.45. The number of nitrogens with zero attached hydrogens (tertiary/aromatic N) is 1. The minimum atomic E-state index is -4.71. The van der Waals surface area contributed by atoms with E-state index in [4.69, 9.17) is 13.8 Å². The van der Waals surface area contributed by atoms with Crippen molar-refractivity contribution in [3.63, 3.8) is 0 Å². The molecule has 0 aliphatic carbocycles. The lowest BCUT2D eigenvalue weighted by Crippen LogP contribution is -2.47. The molecule has 0 saturated heterocycles. The number of quaternary nitrogens is 1. The van der Waals surface area contributed by atoms with Crippen molar-refractivity contribution in [3.05, 3.63) is 72.9 Å². The van der Waals surface area contributed by atoms with E-state index in [1.807, 2.05) is 33.3 Å². The third kappa shape index (κ3) is 73.5. The van der Waals surface area contributed by atoms with E-state index in [0.717, 1.165) is 89.9 Å². The van der Waals surface area contributed by atoms with Crippen LogP contribution in [-0.2, 0) is 27.9 Å². The molecule has 0 rings (SSSR count). The first-order valence-electron chi connectivity index (χ1n) is 40.2. The van der Waals surface area contributed by atoms with Gasteiger partial charge in [-0.15, -0.1) is 0 Å². The van der Waals surface area contributed by atoms with Crippen LogP contribution in [0.5, 0.6) is 0 Å². The normalized spacial score (nSPS) is 13.8. The van der Waals surface area contributed by atoms with Crippen molar-refractivity contribution < 1.29 is 37.3 Å². The average Bonchev–Trinajstić information content (AvgIpc) is 2.15. The minimum absolute atomic E-state index is 0.0221. The van der Waals surface area contributed by atoms with Crippen molar-refractivity contribution >= 4 is 19.7 Å². The van der Waals surface area contributed by atoms with Crippen LogP contribution in [0.25, 0.3) is 0 Å². The number of carbonyl (C=O) groups excluding carboxylic acids is 2. The Bertz CT molecular complexity index is 1820. The van der Waals surface area contributed by atoms with Gasteiger partial charge >= 0.3 is 5.97 Å². The number of unbranched alkanes of at least 4 members (excludes halogenated alkanes) is 48. The number of phosphoric acid groups is 1. The number of likely N-dealkylation sites (N-methyl/N-ethyl adjacent to an activating group) is 1. The van der Waals surface area contributed by atoms with Gasteiger partial charge < -0.3 is 28.5 Å². The number of esters is 1. The van der Waals surface area contributed by atoms with Crippen LogP contribution in [0, 0.1) is 0 Å². The third-order valence-corrected chi connectivity index (χ3v) is 19.1. The molecule has 0 fully saturated rings. The van der Waals surface area contributed by atoms with Crippen LogP contribution in [0.1, 0.15) is 393 Å². The molecule has 0 aromatic heterocycles. The summed E-state index contributed by atoms with van der Waals surface area (Å²) in [7, 11) is 1.20. The highest BCUT2D eigenvalue weighted by atomic mass is 31.2. The van der Waals surface area contributed by atoms with Crippen molar-refractivity contribution in [2.75, 3.05) is 40.9 Å². The van der Waals surface area contributed by atoms with Gasteiger partial charge in [0.1, 0.15) is 19.3 Å². The summed E-state index contributed by atoms with van der Waals surface area (Å²) >= 11 is 0. The molecule has 0 aliphatic heterocycles. The number of nitrogens with one attached hydrogen (secondary N) is 1. The van der Waals surface area contributed by atoms with Crippen LogP contribution in [0.4, 0.5) is 0 Å². The molecule has 9 nitrogen and oxygen atoms in total. The monoisotopic (exact) mass is 1320 g/mol. The Balaban J connectivity index is 4.94. The number of hydrogen-bond acceptors (Lipinski definition) is 7. The molecule has 3 unspecified atom stereocenters. The van der Waals surface area contributed by atoms with E-state index in [9.17, 15) is 19.0 Å². The zero-order chi connectivity index (χ0) is 67.8. The second-order valence-corrected chi connectivity index (χ2v) is 30.0. The Morgan fingerprint density at radius 1 is 0.387 bits per heavy atom. The van der Waals surface area contributed by atoms with Crippen LogP contribution < -0.4 is 10.2 Å². The quantitative estimate of drug-likeness (QED) is 0.0212. The molecular formula is C83H155N2O7P. The fourth-order valence-corrected chi connectivity index (χ4v) is 12.7. The number of allylic oxidation sites excluding steroid dienone is 11. The highest BCUT2D eigenvalue weighted by Crippen LogP contribution is 2.38. The minimum Gasteiger partial charge on any atom is -0.756 e. The van der Waals surface area contributed by atoms with E-state index in [1.54, 1.807) is 0 Å². The topological polar surface area (TPSA) is 114 Å². The molecule has 0 saturated carbocycles. The Hall–Kier alpha value is -2.55. The summed E-state index contributed by atoms with van der Waals surface area (Å²) in [5.74, 6) is -0.526. The zero-order valence-corrected chi connectivity index (χ0v) is 63.4. The van der Waals surface area contributed by atoms with Gasteiger partial charge in [-0.2, -0.15) is 0 Å². The van der Waals surface area contributed by atoms with Gasteiger partial charge in [-0.25, -0.2) is 0 Å². The first-order valence-corrected chi connectivity index (χ1v) is 41.7. The van der Waals surface area contributed by atoms with E-state index in [0.29, 0.717) is 17.4 Å². The van der Waals surface area contributed by atoms with Crippen molar-refractivity contribution in [1.82, 2.24) is 5.32 Å². The summed E-state index contributed by atoms with van der Waals surface area (Å²) in [6, 6.07) is -0.892. The van der Waals surface area contributed by atoms with Crippen molar-refractivity contribution in [3.8, 4) is 0 Å². The summed E-state index contributed by atoms with van der Waals surface area (Å²) in [5, 5.41) is 3.06. The second kappa shape index (κ2) is 72.2. The fourth-order valence-electron chi connectivity index (χ4n) is 12.0. The van der Waals surface area contributed by atoms with Gasteiger partial charge in [0.05, 0.1) is 33.8 Å². The summed E-state index contributed by atoms with van der Waals surface area (Å²) in [6.45, 7) is 6.80. The Labute approximate surface area is 578 Å². The van der Waals surface area contributed by atoms with Gasteiger partial charge in [-0.05, 0) is 76.7 Å². The van der Waals surface area contributed by atoms with E-state index in [1.165, 1.54) is 270 Å². The molecule has 0 heterocycles. The first kappa shape index (κ1) is 90.5. The largest absolute Gasteiger partial charge is 0.756 e. The third-order valence-electron chi connectivity index (χ3n) is 18.2. The lowest BCUT2D eigenvalue weighted by Gasteiger charge is -2.30. The molecule has 0 bridgehead atoms. The van der Waals surface area contributed by atoms with Crippen molar-refractivity contribution in [2.24, 2.45) is 0 Å². The number of amides is 1. The molecule has 1 N–H and O–H groups in total. The molecule has 544 valence electrons. The van der Waals surface area contributed by atoms with E-state index in [2.05, 4.69) is 86.8 Å². The molecule has 0 spiro atoms. The zero-order valence-electron chi connectivity index (χ0n) is 62.5. The van der Waals surface area contributed by atoms with Gasteiger partial charge in [0.25, 0.3) is 7.82 Å². The molecule has 10 heteroatoms. The number of hydrogen-bond donors (Lipinski definition) is 1. The van der Waals surface area contributed by atoms with Gasteiger partial charge in [0.2, 0.25) is 5.91 Å². The lowest BCUT2D eigenvalue weighted by molar-refractivity contribution is -0.870. The molecule has 0 aromatic rings. The van der Waals surface area contributed by atoms with Crippen LogP contribution in [0.15, 0.2) is 72.9 Å². The van der Waals surface area contributed by atoms with Crippen LogP contribution >= 0.6 is 7.82 Å². The summed E-state index contributed by atoms with van der Waals surface area (Å²) in [5.41, 5.74) is 0. The Morgan fingerprint density at radius 3 is 1.03 bits per heavy atom. The van der Waals surface area contributed by atoms with Gasteiger partial charge in [0, 0.05) is 12.8 Å². The van der Waals surface area contributed by atoms with Crippen LogP contribution in [0.3, 0.4) is 0 Å². The maximum atomic E-state index is 13.7. The molecule has 0 aromatic carbocycles. The highest BCUT2D eigenvalue weighted by Gasteiger charge is 2.27. The van der Waals surface area contributed by atoms with E-state index >= 15 is 0 Å². The molecule has 93 heavy (non-hydrogen) atoms. The number of carbonyl (C=O) groups is 2. The average molecular weight is 1320 g/mol. The predicted octanol–water partition coefficient (Wildman–Crippen LogP) is 25.6. The number of phosphoric ester groups is 1. The van der Waals surface area contributed by atoms with Crippen LogP contribution in [-0.4, -0.2) is 69.4 Å². The molecule has 1 amide bonds.